The third-order valence-electron chi connectivity index (χ3n) is 4.67. The molecule has 0 saturated heterocycles. The molecule has 1 heterocycles. The number of nitrogens with one attached hydrogen (secondary N) is 2. The van der Waals surface area contributed by atoms with Crippen LogP contribution in [0.3, 0.4) is 0 Å². The van der Waals surface area contributed by atoms with Crippen molar-refractivity contribution in [1.29, 1.82) is 0 Å². The molecule has 3 rings (SSSR count). The normalized spacial score (nSPS) is 10.7. The van der Waals surface area contributed by atoms with Gasteiger partial charge in [0.1, 0.15) is 0 Å². The molecule has 178 valence electrons. The molecule has 2 aromatic carbocycles. The fourth-order valence-corrected chi connectivity index (χ4v) is 3.87. The second-order valence-electron chi connectivity index (χ2n) is 7.02. The number of nitrogens with zero attached hydrogens (tertiary/aromatic N) is 3. The molecule has 2 N–H and O–H groups in total. The van der Waals surface area contributed by atoms with Crippen LogP contribution in [0.25, 0.3) is 10.9 Å². The van der Waals surface area contributed by atoms with E-state index in [2.05, 4.69) is 15.8 Å². The first kappa shape index (κ1) is 24.9. The molecule has 0 unspecified atom stereocenters. The van der Waals surface area contributed by atoms with E-state index in [1.807, 2.05) is 6.92 Å². The zero-order valence-corrected chi connectivity index (χ0v) is 19.2. The quantitative estimate of drug-likeness (QED) is 0.146. The zero-order chi connectivity index (χ0) is 24.5. The van der Waals surface area contributed by atoms with E-state index in [9.17, 15) is 24.5 Å². The lowest BCUT2D eigenvalue weighted by atomic mass is 10.2. The van der Waals surface area contributed by atoms with Crippen LogP contribution in [0.4, 0.5) is 5.69 Å². The standard InChI is InChI=1S/C22H23N5O6S/c1-2-33-12-6-11-26-21(30)17-9-3-4-10-18(17)23-22(26)34-14-19(28)24-25-20(29)15-7-5-8-16(13-15)27(31)32/h3-5,7-10,13H,2,6,11-12,14H2,1H3,(H,24,28)(H,25,29). The van der Waals surface area contributed by atoms with Gasteiger partial charge in [-0.2, -0.15) is 0 Å². The van der Waals surface area contributed by atoms with Crippen molar-refractivity contribution in [2.24, 2.45) is 0 Å². The minimum absolute atomic E-state index is 0.0292. The number of hydrazine groups is 1. The van der Waals surface area contributed by atoms with Crippen LogP contribution in [-0.4, -0.2) is 45.3 Å². The number of non-ortho nitro benzene ring substituents is 1. The number of thioether (sulfide) groups is 1. The highest BCUT2D eigenvalue weighted by Crippen LogP contribution is 2.18. The van der Waals surface area contributed by atoms with Gasteiger partial charge in [-0.3, -0.25) is 39.9 Å². The van der Waals surface area contributed by atoms with Crippen molar-refractivity contribution in [3.8, 4) is 0 Å². The van der Waals surface area contributed by atoms with E-state index in [-0.39, 0.29) is 22.6 Å². The van der Waals surface area contributed by atoms with Crippen molar-refractivity contribution in [2.45, 2.75) is 25.0 Å². The number of fused-ring (bicyclic) bond motifs is 1. The first-order valence-electron chi connectivity index (χ1n) is 10.4. The lowest BCUT2D eigenvalue weighted by Gasteiger charge is -2.13. The fourth-order valence-electron chi connectivity index (χ4n) is 3.05. The van der Waals surface area contributed by atoms with Gasteiger partial charge in [0.2, 0.25) is 5.91 Å². The zero-order valence-electron chi connectivity index (χ0n) is 18.4. The molecule has 0 aliphatic carbocycles. The van der Waals surface area contributed by atoms with Crippen LogP contribution >= 0.6 is 11.8 Å². The molecule has 0 spiro atoms. The van der Waals surface area contributed by atoms with Gasteiger partial charge in [0, 0.05) is 37.5 Å². The smallest absolute Gasteiger partial charge is 0.270 e. The Hall–Kier alpha value is -3.77. The van der Waals surface area contributed by atoms with Crippen LogP contribution in [0.5, 0.6) is 0 Å². The Balaban J connectivity index is 1.66. The number of ether oxygens (including phenoxy) is 1. The molecule has 11 nitrogen and oxygen atoms in total. The Morgan fingerprint density at radius 2 is 1.97 bits per heavy atom. The molecule has 3 aromatic rings. The average Bonchev–Trinajstić information content (AvgIpc) is 2.85. The molecule has 2 amide bonds. The first-order chi connectivity index (χ1) is 16.4. The van der Waals surface area contributed by atoms with E-state index in [0.29, 0.717) is 42.2 Å². The van der Waals surface area contributed by atoms with Crippen molar-refractivity contribution in [3.63, 3.8) is 0 Å². The lowest BCUT2D eigenvalue weighted by Crippen LogP contribution is -2.42. The van der Waals surface area contributed by atoms with Crippen LogP contribution in [0, 0.1) is 10.1 Å². The Bertz CT molecular complexity index is 1260. The van der Waals surface area contributed by atoms with Crippen LogP contribution in [0.15, 0.2) is 58.5 Å². The Morgan fingerprint density at radius 1 is 1.18 bits per heavy atom. The number of hydrogen-bond acceptors (Lipinski definition) is 8. The molecule has 12 heteroatoms. The first-order valence-corrected chi connectivity index (χ1v) is 11.4. The Kier molecular flexibility index (Phi) is 8.71. The summed E-state index contributed by atoms with van der Waals surface area (Å²) in [5.74, 6) is -1.35. The number of carbonyl (C=O) groups is 2. The number of benzene rings is 2. The number of carbonyl (C=O) groups excluding carboxylic acids is 2. The van der Waals surface area contributed by atoms with Crippen molar-refractivity contribution in [3.05, 3.63) is 74.6 Å². The van der Waals surface area contributed by atoms with E-state index in [0.717, 1.165) is 17.8 Å². The van der Waals surface area contributed by atoms with Crippen LogP contribution < -0.4 is 16.4 Å². The maximum absolute atomic E-state index is 13.0. The van der Waals surface area contributed by atoms with Gasteiger partial charge in [0.05, 0.1) is 21.6 Å². The molecule has 0 fully saturated rings. The topological polar surface area (TPSA) is 145 Å². The number of nitro groups is 1. The third kappa shape index (κ3) is 6.39. The molecule has 34 heavy (non-hydrogen) atoms. The summed E-state index contributed by atoms with van der Waals surface area (Å²) >= 11 is 1.06. The second kappa shape index (κ2) is 11.9. The highest BCUT2D eigenvalue weighted by atomic mass is 32.2. The van der Waals surface area contributed by atoms with Crippen molar-refractivity contribution >= 4 is 40.2 Å². The predicted octanol–water partition coefficient (Wildman–Crippen LogP) is 2.28. The van der Waals surface area contributed by atoms with Gasteiger partial charge in [-0.15, -0.1) is 0 Å². The molecular weight excluding hydrogens is 462 g/mol. The third-order valence-corrected chi connectivity index (χ3v) is 5.64. The number of para-hydroxylation sites is 1. The van der Waals surface area contributed by atoms with Crippen molar-refractivity contribution < 1.29 is 19.2 Å². The number of nitro benzene ring substituents is 1. The van der Waals surface area contributed by atoms with Crippen LogP contribution in [0.2, 0.25) is 0 Å². The molecule has 0 aliphatic rings. The summed E-state index contributed by atoms with van der Waals surface area (Å²) in [4.78, 5) is 52.2. The summed E-state index contributed by atoms with van der Waals surface area (Å²) in [5, 5.41) is 11.7. The van der Waals surface area contributed by atoms with Gasteiger partial charge in [0.25, 0.3) is 17.2 Å². The van der Waals surface area contributed by atoms with Gasteiger partial charge in [0.15, 0.2) is 5.16 Å². The van der Waals surface area contributed by atoms with E-state index in [4.69, 9.17) is 4.74 Å². The minimum atomic E-state index is -0.696. The monoisotopic (exact) mass is 485 g/mol. The predicted molar refractivity (Wildman–Crippen MR) is 127 cm³/mol. The van der Waals surface area contributed by atoms with Gasteiger partial charge < -0.3 is 4.74 Å². The van der Waals surface area contributed by atoms with Gasteiger partial charge >= 0.3 is 0 Å². The van der Waals surface area contributed by atoms with Crippen LogP contribution in [0.1, 0.15) is 23.7 Å². The average molecular weight is 486 g/mol. The summed E-state index contributed by atoms with van der Waals surface area (Å²) in [6.07, 6.45) is 0.604. The molecule has 0 atom stereocenters. The Labute approximate surface area is 198 Å². The molecule has 0 aliphatic heterocycles. The molecule has 1 aromatic heterocycles. The van der Waals surface area contributed by atoms with Gasteiger partial charge in [-0.25, -0.2) is 4.98 Å². The maximum Gasteiger partial charge on any atom is 0.270 e. The van der Waals surface area contributed by atoms with E-state index < -0.39 is 16.7 Å². The number of aromatic nitrogens is 2. The van der Waals surface area contributed by atoms with Crippen LogP contribution in [-0.2, 0) is 16.1 Å². The van der Waals surface area contributed by atoms with Crippen molar-refractivity contribution in [1.82, 2.24) is 20.4 Å². The summed E-state index contributed by atoms with van der Waals surface area (Å²) in [7, 11) is 0. The molecule has 0 saturated carbocycles. The molecular formula is C22H23N5O6S. The maximum atomic E-state index is 13.0. The SMILES string of the molecule is CCOCCCn1c(SCC(=O)NNC(=O)c2cccc([N+](=O)[O-])c2)nc2ccccc2c1=O. The molecule has 0 bridgehead atoms. The lowest BCUT2D eigenvalue weighted by molar-refractivity contribution is -0.384. The highest BCUT2D eigenvalue weighted by Gasteiger charge is 2.15. The summed E-state index contributed by atoms with van der Waals surface area (Å²) < 4.78 is 6.86. The number of hydrogen-bond donors (Lipinski definition) is 2. The number of amides is 2. The Morgan fingerprint density at radius 3 is 2.74 bits per heavy atom. The summed E-state index contributed by atoms with van der Waals surface area (Å²) in [6, 6.07) is 12.1. The van der Waals surface area contributed by atoms with Crippen molar-refractivity contribution in [2.75, 3.05) is 19.0 Å². The molecule has 0 radical (unpaired) electrons. The van der Waals surface area contributed by atoms with E-state index >= 15 is 0 Å². The second-order valence-corrected chi connectivity index (χ2v) is 7.96. The largest absolute Gasteiger partial charge is 0.382 e. The summed E-state index contributed by atoms with van der Waals surface area (Å²) in [6.45, 7) is 3.34. The van der Waals surface area contributed by atoms with Gasteiger partial charge in [-0.1, -0.05) is 30.0 Å². The van der Waals surface area contributed by atoms with Gasteiger partial charge in [-0.05, 0) is 31.5 Å². The summed E-state index contributed by atoms with van der Waals surface area (Å²) in [5.41, 5.74) is 4.60. The number of rotatable bonds is 10. The van der Waals surface area contributed by atoms with E-state index in [1.165, 1.54) is 22.8 Å². The fraction of sp³-hybridized carbons (Fsp3) is 0.273. The van der Waals surface area contributed by atoms with E-state index in [1.54, 1.807) is 24.3 Å². The highest BCUT2D eigenvalue weighted by molar-refractivity contribution is 7.99. The minimum Gasteiger partial charge on any atom is -0.382 e.